The summed E-state index contributed by atoms with van der Waals surface area (Å²) in [4.78, 5) is 15.0. The third kappa shape index (κ3) is 12.0. The van der Waals surface area contributed by atoms with E-state index in [0.29, 0.717) is 39.2 Å². The van der Waals surface area contributed by atoms with E-state index in [1.807, 2.05) is 68.4 Å². The Balaban J connectivity index is 0.000000342. The second kappa shape index (κ2) is 18.7. The van der Waals surface area contributed by atoms with Crippen molar-refractivity contribution in [3.8, 4) is 0 Å². The van der Waals surface area contributed by atoms with E-state index in [0.717, 1.165) is 29.3 Å². The second-order valence-corrected chi connectivity index (χ2v) is 9.60. The SMILES string of the molecule is CC.O=c1cncc(C(F)(F)F)[nH]1.c1ccc(COCC2OCCC(OCc3ccccc3)C2OCc2ccccc2)cc1. The fourth-order valence-electron chi connectivity index (χ4n) is 4.30. The van der Waals surface area contributed by atoms with E-state index in [1.165, 1.54) is 0 Å². The number of alkyl halides is 3. The highest BCUT2D eigenvalue weighted by Crippen LogP contribution is 2.26. The Kier molecular flexibility index (Phi) is 14.8. The summed E-state index contributed by atoms with van der Waals surface area (Å²) in [6.07, 6.45) is -2.79. The number of benzene rings is 3. The average Bonchev–Trinajstić information content (AvgIpc) is 3.05. The Morgan fingerprint density at radius 2 is 1.32 bits per heavy atom. The molecule has 1 aliphatic heterocycles. The number of aromatic amines is 1. The first-order valence-electron chi connectivity index (χ1n) is 14.5. The molecule has 0 amide bonds. The van der Waals surface area contributed by atoms with Crippen molar-refractivity contribution in [2.75, 3.05) is 13.2 Å². The Hall–Kier alpha value is -3.83. The molecule has 1 aliphatic rings. The van der Waals surface area contributed by atoms with Crippen molar-refractivity contribution in [3.63, 3.8) is 0 Å². The van der Waals surface area contributed by atoms with Gasteiger partial charge in [0.15, 0.2) is 0 Å². The molecule has 1 N–H and O–H groups in total. The minimum atomic E-state index is -4.53. The standard InChI is InChI=1S/C27H30O4.C5H3F3N2O.C2H6/c1-4-10-22(11-5-1)18-28-21-26-27(31-20-24-14-8-3-9-15-24)25(16-17-29-26)30-19-23-12-6-2-7-13-23;6-5(7,8)3-1-9-2-4(11)10-3;1-2/h1-15,25-27H,16-21H2;1-2H,(H,10,11);1-2H3. The summed E-state index contributed by atoms with van der Waals surface area (Å²) in [5.41, 5.74) is 1.45. The molecule has 0 radical (unpaired) electrons. The van der Waals surface area contributed by atoms with Crippen molar-refractivity contribution in [1.29, 1.82) is 0 Å². The first-order valence-corrected chi connectivity index (χ1v) is 14.5. The summed E-state index contributed by atoms with van der Waals surface area (Å²) >= 11 is 0. The number of nitrogens with one attached hydrogen (secondary N) is 1. The quantitative estimate of drug-likeness (QED) is 0.208. The van der Waals surface area contributed by atoms with Gasteiger partial charge in [-0.1, -0.05) is 105 Å². The average molecular weight is 613 g/mol. The van der Waals surface area contributed by atoms with Gasteiger partial charge >= 0.3 is 6.18 Å². The van der Waals surface area contributed by atoms with E-state index in [4.69, 9.17) is 18.9 Å². The lowest BCUT2D eigenvalue weighted by Gasteiger charge is -2.37. The maximum atomic E-state index is 11.8. The van der Waals surface area contributed by atoms with Crippen molar-refractivity contribution in [1.82, 2.24) is 9.97 Å². The molecule has 1 fully saturated rings. The van der Waals surface area contributed by atoms with E-state index in [1.54, 1.807) is 4.98 Å². The molecule has 3 atom stereocenters. The number of aromatic nitrogens is 2. The third-order valence-corrected chi connectivity index (χ3v) is 6.41. The molecule has 0 spiro atoms. The van der Waals surface area contributed by atoms with Crippen molar-refractivity contribution in [2.45, 2.75) is 64.6 Å². The lowest BCUT2D eigenvalue weighted by atomic mass is 10.0. The maximum Gasteiger partial charge on any atom is 0.432 e. The van der Waals surface area contributed by atoms with Gasteiger partial charge < -0.3 is 23.9 Å². The molecular weight excluding hydrogens is 573 g/mol. The lowest BCUT2D eigenvalue weighted by molar-refractivity contribution is -0.197. The Morgan fingerprint density at radius 3 is 1.82 bits per heavy atom. The molecule has 1 saturated heterocycles. The van der Waals surface area contributed by atoms with Gasteiger partial charge in [0.1, 0.15) is 17.9 Å². The fourth-order valence-corrected chi connectivity index (χ4v) is 4.30. The van der Waals surface area contributed by atoms with E-state index in [2.05, 4.69) is 41.4 Å². The molecule has 7 nitrogen and oxygen atoms in total. The number of nitrogens with zero attached hydrogens (tertiary/aromatic N) is 1. The van der Waals surface area contributed by atoms with Crippen LogP contribution >= 0.6 is 0 Å². The van der Waals surface area contributed by atoms with Gasteiger partial charge in [0.25, 0.3) is 5.56 Å². The number of hydrogen-bond acceptors (Lipinski definition) is 6. The van der Waals surface area contributed by atoms with Crippen LogP contribution in [0.25, 0.3) is 0 Å². The third-order valence-electron chi connectivity index (χ3n) is 6.41. The highest BCUT2D eigenvalue weighted by Gasteiger charge is 2.36. The predicted molar refractivity (Wildman–Crippen MR) is 162 cm³/mol. The minimum Gasteiger partial charge on any atom is -0.374 e. The molecule has 3 unspecified atom stereocenters. The van der Waals surface area contributed by atoms with Crippen LogP contribution in [0, 0.1) is 0 Å². The molecule has 44 heavy (non-hydrogen) atoms. The Bertz CT molecular complexity index is 1370. The number of halogens is 3. The van der Waals surface area contributed by atoms with Crippen LogP contribution < -0.4 is 5.56 Å². The van der Waals surface area contributed by atoms with Crippen molar-refractivity contribution >= 4 is 0 Å². The van der Waals surface area contributed by atoms with Crippen molar-refractivity contribution < 1.29 is 32.1 Å². The van der Waals surface area contributed by atoms with Crippen LogP contribution in [0.3, 0.4) is 0 Å². The van der Waals surface area contributed by atoms with E-state index >= 15 is 0 Å². The van der Waals surface area contributed by atoms with Gasteiger partial charge in [-0.15, -0.1) is 0 Å². The summed E-state index contributed by atoms with van der Waals surface area (Å²) < 4.78 is 60.0. The predicted octanol–water partition coefficient (Wildman–Crippen LogP) is 6.98. The van der Waals surface area contributed by atoms with E-state index in [-0.39, 0.29) is 18.3 Å². The lowest BCUT2D eigenvalue weighted by Crippen LogP contribution is -2.49. The number of H-pyrrole nitrogens is 1. The Labute approximate surface area is 256 Å². The monoisotopic (exact) mass is 612 g/mol. The van der Waals surface area contributed by atoms with Gasteiger partial charge in [-0.2, -0.15) is 13.2 Å². The topological polar surface area (TPSA) is 82.7 Å². The molecule has 1 aromatic heterocycles. The smallest absolute Gasteiger partial charge is 0.374 e. The van der Waals surface area contributed by atoms with Gasteiger partial charge in [-0.05, 0) is 23.1 Å². The summed E-state index contributed by atoms with van der Waals surface area (Å²) in [6.45, 7) is 6.76. The largest absolute Gasteiger partial charge is 0.432 e. The van der Waals surface area contributed by atoms with Crippen LogP contribution in [-0.2, 0) is 44.9 Å². The van der Waals surface area contributed by atoms with Gasteiger partial charge in [0.2, 0.25) is 0 Å². The molecule has 3 aromatic carbocycles. The van der Waals surface area contributed by atoms with Gasteiger partial charge in [-0.3, -0.25) is 9.78 Å². The second-order valence-electron chi connectivity index (χ2n) is 9.60. The summed E-state index contributed by atoms with van der Waals surface area (Å²) in [6, 6.07) is 30.7. The normalized spacial score (nSPS) is 17.9. The molecule has 2 heterocycles. The zero-order chi connectivity index (χ0) is 31.6. The van der Waals surface area contributed by atoms with Gasteiger partial charge in [-0.25, -0.2) is 0 Å². The zero-order valence-electron chi connectivity index (χ0n) is 24.9. The van der Waals surface area contributed by atoms with Crippen molar-refractivity contribution in [3.05, 3.63) is 136 Å². The van der Waals surface area contributed by atoms with Crippen LogP contribution in [-0.4, -0.2) is 41.5 Å². The zero-order valence-corrected chi connectivity index (χ0v) is 24.9. The molecular formula is C34H39F3N2O5. The first-order chi connectivity index (χ1) is 21.4. The number of ether oxygens (including phenoxy) is 4. The van der Waals surface area contributed by atoms with Crippen LogP contribution in [0.4, 0.5) is 13.2 Å². The molecule has 0 bridgehead atoms. The van der Waals surface area contributed by atoms with Crippen LogP contribution in [0.2, 0.25) is 0 Å². The van der Waals surface area contributed by atoms with Crippen molar-refractivity contribution in [2.24, 2.45) is 0 Å². The van der Waals surface area contributed by atoms with Crippen LogP contribution in [0.15, 0.2) is 108 Å². The highest BCUT2D eigenvalue weighted by molar-refractivity contribution is 5.15. The van der Waals surface area contributed by atoms with Crippen LogP contribution in [0.1, 0.15) is 42.7 Å². The highest BCUT2D eigenvalue weighted by atomic mass is 19.4. The molecule has 10 heteroatoms. The summed E-state index contributed by atoms with van der Waals surface area (Å²) in [5, 5.41) is 0. The molecule has 0 saturated carbocycles. The number of hydrogen-bond donors (Lipinski definition) is 1. The molecule has 4 aromatic rings. The number of rotatable bonds is 10. The van der Waals surface area contributed by atoms with Crippen LogP contribution in [0.5, 0.6) is 0 Å². The summed E-state index contributed by atoms with van der Waals surface area (Å²) in [5.74, 6) is 0. The molecule has 0 aliphatic carbocycles. The summed E-state index contributed by atoms with van der Waals surface area (Å²) in [7, 11) is 0. The molecule has 236 valence electrons. The first kappa shape index (κ1) is 34.7. The molecule has 5 rings (SSSR count). The van der Waals surface area contributed by atoms with E-state index < -0.39 is 17.4 Å². The Morgan fingerprint density at radius 1 is 0.795 bits per heavy atom. The van der Waals surface area contributed by atoms with Gasteiger partial charge in [0.05, 0.1) is 44.9 Å². The minimum absolute atomic E-state index is 0.0389. The fraction of sp³-hybridized carbons (Fsp3) is 0.353. The maximum absolute atomic E-state index is 11.8. The van der Waals surface area contributed by atoms with E-state index in [9.17, 15) is 18.0 Å². The van der Waals surface area contributed by atoms with Gasteiger partial charge in [0, 0.05) is 6.61 Å².